The van der Waals surface area contributed by atoms with E-state index < -0.39 is 0 Å². The van der Waals surface area contributed by atoms with Crippen molar-refractivity contribution in [2.75, 3.05) is 0 Å². The van der Waals surface area contributed by atoms with E-state index in [-0.39, 0.29) is 5.88 Å². The second kappa shape index (κ2) is 0.965. The molecule has 2 N–H and O–H groups in total. The first kappa shape index (κ1) is 3.14. The highest BCUT2D eigenvalue weighted by atomic mass is 16.7. The zero-order chi connectivity index (χ0) is 4.41. The SMILES string of the molecule is NC1=C[N+]=NO1. The Bertz CT molecular complexity index is 105. The van der Waals surface area contributed by atoms with Gasteiger partial charge in [-0.1, -0.05) is 0 Å². The smallest absolute Gasteiger partial charge is 0.343 e. The largest absolute Gasteiger partial charge is 0.362 e. The van der Waals surface area contributed by atoms with Gasteiger partial charge in [-0.15, -0.1) is 0 Å². The average Bonchev–Trinajstić information content (AvgIpc) is 1.86. The van der Waals surface area contributed by atoms with E-state index in [0.717, 1.165) is 0 Å². The number of nitrogens with zero attached hydrogens (tertiary/aromatic N) is 2. The molecule has 0 aromatic carbocycles. The van der Waals surface area contributed by atoms with Crippen LogP contribution in [0.3, 0.4) is 0 Å². The molecule has 31 valence electrons. The van der Waals surface area contributed by atoms with Crippen LogP contribution in [-0.2, 0) is 4.84 Å². The molecule has 1 aliphatic rings. The van der Waals surface area contributed by atoms with Crippen molar-refractivity contribution in [3.63, 3.8) is 0 Å². The van der Waals surface area contributed by atoms with Crippen molar-refractivity contribution in [3.8, 4) is 0 Å². The van der Waals surface area contributed by atoms with Crippen LogP contribution in [0.2, 0.25) is 0 Å². The molecule has 0 aliphatic carbocycles. The minimum Gasteiger partial charge on any atom is -0.362 e. The Balaban J connectivity index is 2.61. The number of rotatable bonds is 0. The highest BCUT2D eigenvalue weighted by Gasteiger charge is 2.05. The average molecular weight is 85.1 g/mol. The minimum absolute atomic E-state index is 0.245. The lowest BCUT2D eigenvalue weighted by molar-refractivity contribution is 0.216. The third kappa shape index (κ3) is 0.314. The van der Waals surface area contributed by atoms with Crippen molar-refractivity contribution in [1.29, 1.82) is 0 Å². The van der Waals surface area contributed by atoms with E-state index in [1.54, 1.807) is 0 Å². The summed E-state index contributed by atoms with van der Waals surface area (Å²) in [6, 6.07) is 0. The summed E-state index contributed by atoms with van der Waals surface area (Å²) in [7, 11) is 0. The van der Waals surface area contributed by atoms with E-state index in [4.69, 9.17) is 5.73 Å². The van der Waals surface area contributed by atoms with Crippen LogP contribution in [0.15, 0.2) is 17.4 Å². The first-order valence-corrected chi connectivity index (χ1v) is 1.42. The molecule has 1 radical (unpaired) electrons. The summed E-state index contributed by atoms with van der Waals surface area (Å²) >= 11 is 0. The van der Waals surface area contributed by atoms with Gasteiger partial charge in [0, 0.05) is 0 Å². The van der Waals surface area contributed by atoms with Gasteiger partial charge in [0.25, 0.3) is 5.28 Å². The normalized spacial score (nSPS) is 17.0. The number of hydrogen-bond acceptors (Lipinski definition) is 4. The topological polar surface area (TPSA) is 61.7 Å². The lowest BCUT2D eigenvalue weighted by Crippen LogP contribution is -1.92. The summed E-state index contributed by atoms with van der Waals surface area (Å²) in [5, 5.41) is 6.35. The summed E-state index contributed by atoms with van der Waals surface area (Å²) in [5.74, 6) is 0.245. The first-order valence-electron chi connectivity index (χ1n) is 1.42. The molecule has 0 unspecified atom stereocenters. The maximum Gasteiger partial charge on any atom is 0.343 e. The van der Waals surface area contributed by atoms with Crippen LogP contribution in [0.4, 0.5) is 0 Å². The minimum atomic E-state index is 0.245. The van der Waals surface area contributed by atoms with Gasteiger partial charge in [0.15, 0.2) is 0 Å². The van der Waals surface area contributed by atoms with Crippen LogP contribution in [0.5, 0.6) is 0 Å². The van der Waals surface area contributed by atoms with Gasteiger partial charge in [-0.2, -0.15) is 0 Å². The zero-order valence-electron chi connectivity index (χ0n) is 2.96. The van der Waals surface area contributed by atoms with E-state index in [1.807, 2.05) is 0 Å². The Morgan fingerprint density at radius 2 is 2.83 bits per heavy atom. The molecule has 1 aliphatic heterocycles. The maximum atomic E-state index is 4.99. The monoisotopic (exact) mass is 85.0 g/mol. The molecular formula is C2H3N3O+. The van der Waals surface area contributed by atoms with Gasteiger partial charge < -0.3 is 5.73 Å². The first-order chi connectivity index (χ1) is 2.89. The molecule has 0 spiro atoms. The van der Waals surface area contributed by atoms with Crippen molar-refractivity contribution in [2.24, 2.45) is 11.0 Å². The summed E-state index contributed by atoms with van der Waals surface area (Å²) in [4.78, 5) is 4.25. The predicted octanol–water partition coefficient (Wildman–Crippen LogP) is -0.523. The van der Waals surface area contributed by atoms with E-state index in [0.29, 0.717) is 0 Å². The molecule has 0 saturated heterocycles. The molecule has 4 nitrogen and oxygen atoms in total. The second-order valence-electron chi connectivity index (χ2n) is 0.820. The van der Waals surface area contributed by atoms with Gasteiger partial charge in [0.05, 0.1) is 0 Å². The molecule has 0 atom stereocenters. The molecule has 0 amide bonds. The van der Waals surface area contributed by atoms with Gasteiger partial charge in [-0.05, 0) is 0 Å². The quantitative estimate of drug-likeness (QED) is 0.430. The van der Waals surface area contributed by atoms with E-state index in [1.165, 1.54) is 6.20 Å². The van der Waals surface area contributed by atoms with Crippen molar-refractivity contribution >= 4 is 0 Å². The predicted molar refractivity (Wildman–Crippen MR) is 17.9 cm³/mol. The summed E-state index contributed by atoms with van der Waals surface area (Å²) in [5.41, 5.74) is 4.99. The molecule has 0 fully saturated rings. The van der Waals surface area contributed by atoms with Gasteiger partial charge in [0.1, 0.15) is 0 Å². The van der Waals surface area contributed by atoms with Crippen LogP contribution < -0.4 is 10.8 Å². The lowest BCUT2D eigenvalue weighted by atomic mass is 10.9. The zero-order valence-corrected chi connectivity index (χ0v) is 2.96. The second-order valence-corrected chi connectivity index (χ2v) is 0.820. The Morgan fingerprint density at radius 3 is 3.00 bits per heavy atom. The fourth-order valence-electron chi connectivity index (χ4n) is 0.175. The molecule has 0 saturated carbocycles. The lowest BCUT2D eigenvalue weighted by Gasteiger charge is -1.73. The van der Waals surface area contributed by atoms with Crippen LogP contribution in [0, 0.1) is 0 Å². The summed E-state index contributed by atoms with van der Waals surface area (Å²) in [6.45, 7) is 0. The molecule has 0 aromatic heterocycles. The van der Waals surface area contributed by atoms with Gasteiger partial charge in [-0.3, -0.25) is 4.84 Å². The van der Waals surface area contributed by atoms with Crippen molar-refractivity contribution in [2.45, 2.75) is 0 Å². The number of nitrogens with two attached hydrogens (primary N) is 1. The Kier molecular flexibility index (Phi) is 0.506. The van der Waals surface area contributed by atoms with E-state index in [2.05, 4.69) is 15.2 Å². The highest BCUT2D eigenvalue weighted by Crippen LogP contribution is 1.89. The fourth-order valence-corrected chi connectivity index (χ4v) is 0.175. The molecule has 4 heteroatoms. The van der Waals surface area contributed by atoms with Crippen molar-refractivity contribution in [1.82, 2.24) is 5.11 Å². The van der Waals surface area contributed by atoms with Crippen LogP contribution in [-0.4, -0.2) is 0 Å². The molecule has 1 rings (SSSR count). The molecule has 1 heterocycles. The van der Waals surface area contributed by atoms with Crippen molar-refractivity contribution in [3.05, 3.63) is 12.1 Å². The molecule has 6 heavy (non-hydrogen) atoms. The Hall–Kier alpha value is -1.06. The summed E-state index contributed by atoms with van der Waals surface area (Å²) in [6.07, 6.45) is 1.33. The van der Waals surface area contributed by atoms with Gasteiger partial charge in [-0.25, -0.2) is 0 Å². The van der Waals surface area contributed by atoms with E-state index >= 15 is 0 Å². The third-order valence-corrected chi connectivity index (χ3v) is 0.378. The maximum absolute atomic E-state index is 4.99. The standard InChI is InChI=1S/C2H3N3O/c3-2-1-4-5-6-2/h1H,3H2/q+1. The summed E-state index contributed by atoms with van der Waals surface area (Å²) < 4.78 is 0. The Labute approximate surface area is 34.3 Å². The van der Waals surface area contributed by atoms with Crippen LogP contribution in [0.25, 0.3) is 0 Å². The fraction of sp³-hybridized carbons (Fsp3) is 0. The molecule has 0 bridgehead atoms. The van der Waals surface area contributed by atoms with Gasteiger partial charge in [0.2, 0.25) is 5.11 Å². The van der Waals surface area contributed by atoms with Crippen LogP contribution in [0.1, 0.15) is 0 Å². The van der Waals surface area contributed by atoms with Gasteiger partial charge >= 0.3 is 12.1 Å². The van der Waals surface area contributed by atoms with Crippen LogP contribution >= 0.6 is 0 Å². The van der Waals surface area contributed by atoms with Crippen molar-refractivity contribution < 1.29 is 4.84 Å². The number of hydrogen-bond donors (Lipinski definition) is 1. The molecule has 0 aromatic rings. The highest BCUT2D eigenvalue weighted by molar-refractivity contribution is 4.82. The molecular weight excluding hydrogens is 82.0 g/mol. The Morgan fingerprint density at radius 1 is 2.00 bits per heavy atom. The van der Waals surface area contributed by atoms with E-state index in [9.17, 15) is 0 Å². The third-order valence-electron chi connectivity index (χ3n) is 0.378.